The van der Waals surface area contributed by atoms with Gasteiger partial charge in [0.15, 0.2) is 0 Å². The minimum atomic E-state index is -3.69. The number of nitrogens with zero attached hydrogens (tertiary/aromatic N) is 3. The molecule has 0 spiro atoms. The molecule has 4 rings (SSSR count). The summed E-state index contributed by atoms with van der Waals surface area (Å²) in [6, 6.07) is 16.5. The van der Waals surface area contributed by atoms with Crippen molar-refractivity contribution >= 4 is 21.6 Å². The SMILES string of the molecule is Cc1ccc(S(=O)(=O)N2CCCC[C@H]2C(=O)N2CCN(c3ccccc3)CC2)cc1. The molecule has 0 N–H and O–H groups in total. The highest BCUT2D eigenvalue weighted by Crippen LogP contribution is 2.27. The Kier molecular flexibility index (Phi) is 6.11. The Hall–Kier alpha value is -2.38. The van der Waals surface area contributed by atoms with Crippen molar-refractivity contribution in [3.05, 3.63) is 60.2 Å². The molecule has 0 aromatic heterocycles. The molecule has 2 aromatic rings. The first-order valence-corrected chi connectivity index (χ1v) is 12.1. The van der Waals surface area contributed by atoms with Crippen LogP contribution >= 0.6 is 0 Å². The number of aryl methyl sites for hydroxylation is 1. The number of benzene rings is 2. The van der Waals surface area contributed by atoms with Gasteiger partial charge < -0.3 is 9.80 Å². The molecule has 0 bridgehead atoms. The number of piperidine rings is 1. The van der Waals surface area contributed by atoms with Crippen LogP contribution in [0.3, 0.4) is 0 Å². The molecule has 160 valence electrons. The van der Waals surface area contributed by atoms with Gasteiger partial charge in [-0.15, -0.1) is 0 Å². The predicted octanol–water partition coefficient (Wildman–Crippen LogP) is 2.89. The second-order valence-corrected chi connectivity index (χ2v) is 9.98. The molecule has 1 atom stereocenters. The highest BCUT2D eigenvalue weighted by molar-refractivity contribution is 7.89. The third kappa shape index (κ3) is 4.23. The van der Waals surface area contributed by atoms with Gasteiger partial charge in [0.05, 0.1) is 4.90 Å². The number of amides is 1. The van der Waals surface area contributed by atoms with Crippen molar-refractivity contribution in [2.75, 3.05) is 37.6 Å². The van der Waals surface area contributed by atoms with E-state index in [1.165, 1.54) is 4.31 Å². The zero-order valence-electron chi connectivity index (χ0n) is 17.4. The van der Waals surface area contributed by atoms with Gasteiger partial charge in [0.1, 0.15) is 6.04 Å². The van der Waals surface area contributed by atoms with Crippen molar-refractivity contribution in [3.63, 3.8) is 0 Å². The Morgan fingerprint density at radius 2 is 1.53 bits per heavy atom. The maximum Gasteiger partial charge on any atom is 0.243 e. The van der Waals surface area contributed by atoms with Crippen LogP contribution in [-0.2, 0) is 14.8 Å². The van der Waals surface area contributed by atoms with Gasteiger partial charge >= 0.3 is 0 Å². The Labute approximate surface area is 179 Å². The number of para-hydroxylation sites is 1. The van der Waals surface area contributed by atoms with Crippen molar-refractivity contribution in [1.29, 1.82) is 0 Å². The summed E-state index contributed by atoms with van der Waals surface area (Å²) in [4.78, 5) is 17.7. The topological polar surface area (TPSA) is 60.9 Å². The fourth-order valence-electron chi connectivity index (χ4n) is 4.32. The van der Waals surface area contributed by atoms with Crippen LogP contribution in [0.2, 0.25) is 0 Å². The second-order valence-electron chi connectivity index (χ2n) is 8.09. The standard InChI is InChI=1S/C23H29N3O3S/c1-19-10-12-21(13-11-19)30(28,29)26-14-6-5-9-22(26)23(27)25-17-15-24(16-18-25)20-7-3-2-4-8-20/h2-4,7-8,10-13,22H,5-6,9,14-18H2,1H3/t22-/m0/s1. The van der Waals surface area contributed by atoms with Gasteiger partial charge in [0.2, 0.25) is 15.9 Å². The maximum absolute atomic E-state index is 13.3. The summed E-state index contributed by atoms with van der Waals surface area (Å²) in [5.41, 5.74) is 2.17. The van der Waals surface area contributed by atoms with Gasteiger partial charge in [-0.2, -0.15) is 4.31 Å². The monoisotopic (exact) mass is 427 g/mol. The first kappa shape index (κ1) is 20.9. The Balaban J connectivity index is 1.48. The molecule has 30 heavy (non-hydrogen) atoms. The lowest BCUT2D eigenvalue weighted by Crippen LogP contribution is -2.57. The van der Waals surface area contributed by atoms with E-state index in [2.05, 4.69) is 17.0 Å². The zero-order chi connectivity index (χ0) is 21.1. The third-order valence-electron chi connectivity index (χ3n) is 6.08. The molecule has 2 fully saturated rings. The van der Waals surface area contributed by atoms with Crippen molar-refractivity contribution < 1.29 is 13.2 Å². The van der Waals surface area contributed by atoms with E-state index >= 15 is 0 Å². The van der Waals surface area contributed by atoms with E-state index in [-0.39, 0.29) is 10.8 Å². The van der Waals surface area contributed by atoms with E-state index in [0.717, 1.165) is 37.2 Å². The number of hydrogen-bond acceptors (Lipinski definition) is 4. The maximum atomic E-state index is 13.3. The van der Waals surface area contributed by atoms with Gasteiger partial charge in [-0.1, -0.05) is 42.3 Å². The van der Waals surface area contributed by atoms with Gasteiger partial charge in [-0.25, -0.2) is 8.42 Å². The predicted molar refractivity (Wildman–Crippen MR) is 118 cm³/mol. The number of rotatable bonds is 4. The largest absolute Gasteiger partial charge is 0.368 e. The summed E-state index contributed by atoms with van der Waals surface area (Å²) >= 11 is 0. The fourth-order valence-corrected chi connectivity index (χ4v) is 5.97. The molecule has 2 aliphatic heterocycles. The number of anilines is 1. The van der Waals surface area contributed by atoms with Crippen LogP contribution in [0.5, 0.6) is 0 Å². The van der Waals surface area contributed by atoms with Crippen LogP contribution in [0.25, 0.3) is 0 Å². The summed E-state index contributed by atoms with van der Waals surface area (Å²) in [7, 11) is -3.69. The number of hydrogen-bond donors (Lipinski definition) is 0. The molecule has 6 nitrogen and oxygen atoms in total. The van der Waals surface area contributed by atoms with Gasteiger partial charge in [-0.3, -0.25) is 4.79 Å². The molecule has 0 radical (unpaired) electrons. The summed E-state index contributed by atoms with van der Waals surface area (Å²) < 4.78 is 28.0. The zero-order valence-corrected chi connectivity index (χ0v) is 18.2. The fraction of sp³-hybridized carbons (Fsp3) is 0.435. The Morgan fingerprint density at radius 3 is 2.20 bits per heavy atom. The first-order valence-electron chi connectivity index (χ1n) is 10.6. The molecular weight excluding hydrogens is 398 g/mol. The second kappa shape index (κ2) is 8.78. The average Bonchev–Trinajstić information content (AvgIpc) is 2.79. The number of carbonyl (C=O) groups is 1. The summed E-state index contributed by atoms with van der Waals surface area (Å²) in [6.07, 6.45) is 2.25. The molecule has 2 aliphatic rings. The van der Waals surface area contributed by atoms with Crippen LogP contribution in [0.4, 0.5) is 5.69 Å². The van der Waals surface area contributed by atoms with E-state index in [4.69, 9.17) is 0 Å². The number of sulfonamides is 1. The van der Waals surface area contributed by atoms with E-state index in [1.54, 1.807) is 24.3 Å². The van der Waals surface area contributed by atoms with Crippen molar-refractivity contribution in [1.82, 2.24) is 9.21 Å². The van der Waals surface area contributed by atoms with Crippen LogP contribution in [0, 0.1) is 6.92 Å². The Bertz CT molecular complexity index is 969. The highest BCUT2D eigenvalue weighted by Gasteiger charge is 2.40. The smallest absolute Gasteiger partial charge is 0.243 e. The quantitative estimate of drug-likeness (QED) is 0.753. The lowest BCUT2D eigenvalue weighted by atomic mass is 10.0. The lowest BCUT2D eigenvalue weighted by Gasteiger charge is -2.40. The van der Waals surface area contributed by atoms with Crippen molar-refractivity contribution in [3.8, 4) is 0 Å². The van der Waals surface area contributed by atoms with E-state index < -0.39 is 16.1 Å². The molecule has 0 unspecified atom stereocenters. The summed E-state index contributed by atoms with van der Waals surface area (Å²) in [5, 5.41) is 0. The molecule has 1 amide bonds. The minimum Gasteiger partial charge on any atom is -0.368 e. The average molecular weight is 428 g/mol. The van der Waals surface area contributed by atoms with Crippen molar-refractivity contribution in [2.45, 2.75) is 37.1 Å². The van der Waals surface area contributed by atoms with Crippen LogP contribution in [-0.4, -0.2) is 62.3 Å². The molecule has 0 saturated carbocycles. The van der Waals surface area contributed by atoms with Crippen LogP contribution < -0.4 is 4.90 Å². The molecule has 2 aromatic carbocycles. The van der Waals surface area contributed by atoms with E-state index in [9.17, 15) is 13.2 Å². The van der Waals surface area contributed by atoms with Gasteiger partial charge in [0, 0.05) is 38.4 Å². The first-order chi connectivity index (χ1) is 14.5. The number of carbonyl (C=O) groups excluding carboxylic acids is 1. The number of piperazine rings is 1. The third-order valence-corrected chi connectivity index (χ3v) is 8.00. The van der Waals surface area contributed by atoms with E-state index in [0.29, 0.717) is 26.1 Å². The summed E-state index contributed by atoms with van der Waals surface area (Å²) in [5.74, 6) is -0.0573. The lowest BCUT2D eigenvalue weighted by molar-refractivity contribution is -0.136. The highest BCUT2D eigenvalue weighted by atomic mass is 32.2. The van der Waals surface area contributed by atoms with Gasteiger partial charge in [0.25, 0.3) is 0 Å². The molecule has 0 aliphatic carbocycles. The molecule has 2 heterocycles. The normalized spacial score (nSPS) is 20.9. The molecular formula is C23H29N3O3S. The van der Waals surface area contributed by atoms with Crippen LogP contribution in [0.15, 0.2) is 59.5 Å². The minimum absolute atomic E-state index is 0.0573. The van der Waals surface area contributed by atoms with E-state index in [1.807, 2.05) is 30.0 Å². The van der Waals surface area contributed by atoms with Crippen molar-refractivity contribution in [2.24, 2.45) is 0 Å². The molecule has 2 saturated heterocycles. The Morgan fingerprint density at radius 1 is 0.867 bits per heavy atom. The van der Waals surface area contributed by atoms with Crippen LogP contribution in [0.1, 0.15) is 24.8 Å². The van der Waals surface area contributed by atoms with Gasteiger partial charge in [-0.05, 0) is 44.0 Å². The molecule has 7 heteroatoms. The summed E-state index contributed by atoms with van der Waals surface area (Å²) in [6.45, 7) is 5.07.